The Morgan fingerprint density at radius 1 is 0.839 bits per heavy atom. The van der Waals surface area contributed by atoms with Gasteiger partial charge in [-0.3, -0.25) is 14.3 Å². The summed E-state index contributed by atoms with van der Waals surface area (Å²) in [5, 5.41) is 9.24. The molecule has 0 aromatic carbocycles. The third kappa shape index (κ3) is 8.36. The van der Waals surface area contributed by atoms with Gasteiger partial charge in [-0.25, -0.2) is 4.79 Å². The van der Waals surface area contributed by atoms with Crippen molar-refractivity contribution >= 4 is 11.5 Å². The minimum atomic E-state index is -0.347. The molecule has 2 heterocycles. The molecule has 1 aliphatic rings. The number of H-pyrrole nitrogens is 1. The summed E-state index contributed by atoms with van der Waals surface area (Å²) in [5.41, 5.74) is -0.0401. The Labute approximate surface area is 187 Å². The lowest BCUT2D eigenvalue weighted by Crippen LogP contribution is -2.32. The molecule has 2 N–H and O–H groups in total. The molecule has 0 spiro atoms. The minimum Gasteiger partial charge on any atom is -0.393 e. The Morgan fingerprint density at radius 3 is 1.84 bits per heavy atom. The van der Waals surface area contributed by atoms with Crippen molar-refractivity contribution in [2.45, 2.75) is 103 Å². The fraction of sp³-hybridized carbons (Fsp3) is 0.833. The van der Waals surface area contributed by atoms with Gasteiger partial charge in [0.05, 0.1) is 12.8 Å². The van der Waals surface area contributed by atoms with Crippen LogP contribution in [0.25, 0.3) is 0 Å². The number of aliphatic hydroxyl groups is 1. The van der Waals surface area contributed by atoms with E-state index in [-0.39, 0.29) is 17.4 Å². The SMILES string of the molecule is CC(O)CCCCCCCCCCCCCCCN1CN(C)c2c1n(C)c(=O)[nH]c2=O. The van der Waals surface area contributed by atoms with Crippen LogP contribution in [-0.4, -0.2) is 41.0 Å². The molecule has 0 amide bonds. The van der Waals surface area contributed by atoms with Crippen molar-refractivity contribution in [3.8, 4) is 0 Å². The molecule has 7 nitrogen and oxygen atoms in total. The Balaban J connectivity index is 1.48. The fourth-order valence-corrected chi connectivity index (χ4v) is 4.56. The first-order chi connectivity index (χ1) is 14.9. The molecule has 2 rings (SSSR count). The van der Waals surface area contributed by atoms with Crippen molar-refractivity contribution in [2.24, 2.45) is 7.05 Å². The van der Waals surface area contributed by atoms with Gasteiger partial charge in [-0.1, -0.05) is 77.0 Å². The Kier molecular flexibility index (Phi) is 11.2. The van der Waals surface area contributed by atoms with Gasteiger partial charge in [0.1, 0.15) is 11.5 Å². The first-order valence-electron chi connectivity index (χ1n) is 12.4. The second kappa shape index (κ2) is 13.6. The largest absolute Gasteiger partial charge is 0.393 e. The van der Waals surface area contributed by atoms with Gasteiger partial charge in [0.15, 0.2) is 0 Å². The van der Waals surface area contributed by atoms with Gasteiger partial charge in [0.2, 0.25) is 0 Å². The van der Waals surface area contributed by atoms with Gasteiger partial charge < -0.3 is 14.9 Å². The standard InChI is InChI=1S/C24H44N4O3/c1-20(29)17-15-13-11-9-7-5-4-6-8-10-12-14-16-18-28-19-26(2)21-22(30)25-24(31)27(3)23(21)28/h20,29H,4-19H2,1-3H3,(H,25,30,31). The van der Waals surface area contributed by atoms with E-state index in [1.165, 1.54) is 70.6 Å². The highest BCUT2D eigenvalue weighted by molar-refractivity contribution is 5.71. The van der Waals surface area contributed by atoms with Gasteiger partial charge in [-0.15, -0.1) is 0 Å². The average molecular weight is 437 g/mol. The topological polar surface area (TPSA) is 81.6 Å². The first kappa shape index (κ1) is 25.5. The highest BCUT2D eigenvalue weighted by Gasteiger charge is 2.28. The van der Waals surface area contributed by atoms with Crippen LogP contribution in [0.5, 0.6) is 0 Å². The van der Waals surface area contributed by atoms with Crippen LogP contribution < -0.4 is 21.0 Å². The normalized spacial score (nSPS) is 14.3. The lowest BCUT2D eigenvalue weighted by molar-refractivity contribution is 0.180. The predicted molar refractivity (Wildman–Crippen MR) is 129 cm³/mol. The van der Waals surface area contributed by atoms with Crippen LogP contribution in [0.1, 0.15) is 96.8 Å². The number of nitrogens with zero attached hydrogens (tertiary/aromatic N) is 3. The molecule has 31 heavy (non-hydrogen) atoms. The zero-order chi connectivity index (χ0) is 22.6. The van der Waals surface area contributed by atoms with Crippen molar-refractivity contribution in [1.82, 2.24) is 9.55 Å². The molecular formula is C24H44N4O3. The van der Waals surface area contributed by atoms with Crippen molar-refractivity contribution in [1.29, 1.82) is 0 Å². The van der Waals surface area contributed by atoms with E-state index in [1.807, 2.05) is 18.9 Å². The maximum absolute atomic E-state index is 12.1. The second-order valence-electron chi connectivity index (χ2n) is 9.33. The highest BCUT2D eigenvalue weighted by atomic mass is 16.3. The number of nitrogens with one attached hydrogen (secondary N) is 1. The van der Waals surface area contributed by atoms with Gasteiger partial charge >= 0.3 is 5.69 Å². The minimum absolute atomic E-state index is 0.139. The van der Waals surface area contributed by atoms with Crippen molar-refractivity contribution < 1.29 is 5.11 Å². The van der Waals surface area contributed by atoms with Gasteiger partial charge in [-0.2, -0.15) is 0 Å². The fourth-order valence-electron chi connectivity index (χ4n) is 4.56. The van der Waals surface area contributed by atoms with Crippen molar-refractivity contribution in [3.05, 3.63) is 20.8 Å². The van der Waals surface area contributed by atoms with Crippen LogP contribution in [0.2, 0.25) is 0 Å². The maximum Gasteiger partial charge on any atom is 0.329 e. The number of hydrogen-bond donors (Lipinski definition) is 2. The van der Waals surface area contributed by atoms with Crippen LogP contribution in [-0.2, 0) is 7.05 Å². The summed E-state index contributed by atoms with van der Waals surface area (Å²) in [6.07, 6.45) is 17.5. The summed E-state index contributed by atoms with van der Waals surface area (Å²) in [5.74, 6) is 0.749. The van der Waals surface area contributed by atoms with Crippen LogP contribution in [0.3, 0.4) is 0 Å². The smallest absolute Gasteiger partial charge is 0.329 e. The number of unbranched alkanes of at least 4 members (excludes halogenated alkanes) is 12. The molecule has 0 radical (unpaired) electrons. The molecule has 178 valence electrons. The number of aliphatic hydroxyl groups excluding tert-OH is 1. The van der Waals surface area contributed by atoms with E-state index in [4.69, 9.17) is 0 Å². The second-order valence-corrected chi connectivity index (χ2v) is 9.33. The third-order valence-corrected chi connectivity index (χ3v) is 6.38. The van der Waals surface area contributed by atoms with Crippen LogP contribution in [0.4, 0.5) is 11.5 Å². The van der Waals surface area contributed by atoms with E-state index >= 15 is 0 Å². The van der Waals surface area contributed by atoms with Crippen LogP contribution >= 0.6 is 0 Å². The number of rotatable bonds is 16. The van der Waals surface area contributed by atoms with E-state index in [2.05, 4.69) is 9.88 Å². The zero-order valence-electron chi connectivity index (χ0n) is 20.0. The molecular weight excluding hydrogens is 392 g/mol. The molecule has 1 aromatic rings. The monoisotopic (exact) mass is 436 g/mol. The Morgan fingerprint density at radius 2 is 1.32 bits per heavy atom. The summed E-state index contributed by atoms with van der Waals surface area (Å²) in [7, 11) is 3.62. The lowest BCUT2D eigenvalue weighted by atomic mass is 10.0. The van der Waals surface area contributed by atoms with Crippen LogP contribution in [0.15, 0.2) is 9.59 Å². The summed E-state index contributed by atoms with van der Waals surface area (Å²) in [6.45, 7) is 3.42. The highest BCUT2D eigenvalue weighted by Crippen LogP contribution is 2.29. The zero-order valence-corrected chi connectivity index (χ0v) is 20.0. The average Bonchev–Trinajstić information content (AvgIpc) is 3.05. The Bertz CT molecular complexity index is 756. The van der Waals surface area contributed by atoms with E-state index < -0.39 is 0 Å². The van der Waals surface area contributed by atoms with Gasteiger partial charge in [0, 0.05) is 20.6 Å². The summed E-state index contributed by atoms with van der Waals surface area (Å²) < 4.78 is 1.55. The number of aromatic amines is 1. The molecule has 1 aromatic heterocycles. The molecule has 1 unspecified atom stereocenters. The third-order valence-electron chi connectivity index (χ3n) is 6.38. The lowest BCUT2D eigenvalue weighted by Gasteiger charge is -2.20. The molecule has 7 heteroatoms. The molecule has 0 aliphatic carbocycles. The molecule has 1 atom stereocenters. The van der Waals surface area contributed by atoms with Crippen LogP contribution in [0, 0.1) is 0 Å². The summed E-state index contributed by atoms with van der Waals surface area (Å²) >= 11 is 0. The number of anilines is 2. The molecule has 1 aliphatic heterocycles. The van der Waals surface area contributed by atoms with E-state index in [0.29, 0.717) is 12.4 Å². The molecule has 0 saturated heterocycles. The van der Waals surface area contributed by atoms with Crippen molar-refractivity contribution in [2.75, 3.05) is 30.1 Å². The van der Waals surface area contributed by atoms with Gasteiger partial charge in [-0.05, 0) is 19.8 Å². The van der Waals surface area contributed by atoms with Crippen molar-refractivity contribution in [3.63, 3.8) is 0 Å². The molecule has 0 saturated carbocycles. The van der Waals surface area contributed by atoms with E-state index in [9.17, 15) is 14.7 Å². The molecule has 0 bridgehead atoms. The number of aromatic nitrogens is 2. The maximum atomic E-state index is 12.1. The number of hydrogen-bond acceptors (Lipinski definition) is 5. The van der Waals surface area contributed by atoms with Gasteiger partial charge in [0.25, 0.3) is 5.56 Å². The number of fused-ring (bicyclic) bond motifs is 1. The Hall–Kier alpha value is -1.76. The van der Waals surface area contributed by atoms with E-state index in [1.54, 1.807) is 11.6 Å². The molecule has 0 fully saturated rings. The first-order valence-corrected chi connectivity index (χ1v) is 12.4. The summed E-state index contributed by atoms with van der Waals surface area (Å²) in [6, 6.07) is 0. The summed E-state index contributed by atoms with van der Waals surface area (Å²) in [4.78, 5) is 30.5. The van der Waals surface area contributed by atoms with E-state index in [0.717, 1.165) is 31.6 Å². The quantitative estimate of drug-likeness (QED) is 0.381. The predicted octanol–water partition coefficient (Wildman–Crippen LogP) is 4.13.